The molecule has 0 atom stereocenters. The summed E-state index contributed by atoms with van der Waals surface area (Å²) < 4.78 is 6.18. The van der Waals surface area contributed by atoms with E-state index in [1.54, 1.807) is 7.11 Å². The van der Waals surface area contributed by atoms with Gasteiger partial charge in [-0.25, -0.2) is 0 Å². The van der Waals surface area contributed by atoms with Crippen LogP contribution < -0.4 is 10.1 Å². The third kappa shape index (κ3) is 3.43. The zero-order chi connectivity index (χ0) is 18.1. The fourth-order valence-electron chi connectivity index (χ4n) is 3.27. The number of thiophene rings is 1. The van der Waals surface area contributed by atoms with Crippen molar-refractivity contribution in [3.63, 3.8) is 0 Å². The van der Waals surface area contributed by atoms with E-state index >= 15 is 0 Å². The second kappa shape index (κ2) is 7.50. The van der Waals surface area contributed by atoms with Crippen molar-refractivity contribution < 1.29 is 9.53 Å². The Morgan fingerprint density at radius 1 is 1.23 bits per heavy atom. The van der Waals surface area contributed by atoms with Crippen molar-refractivity contribution in [3.8, 4) is 5.75 Å². The van der Waals surface area contributed by atoms with Crippen molar-refractivity contribution in [1.29, 1.82) is 0 Å². The third-order valence-electron chi connectivity index (χ3n) is 4.66. The van der Waals surface area contributed by atoms with E-state index < -0.39 is 0 Å². The Balaban J connectivity index is 1.54. The van der Waals surface area contributed by atoms with Crippen LogP contribution in [-0.2, 0) is 0 Å². The molecule has 0 aliphatic heterocycles. The van der Waals surface area contributed by atoms with Gasteiger partial charge in [-0.15, -0.1) is 21.5 Å². The summed E-state index contributed by atoms with van der Waals surface area (Å²) in [5.41, 5.74) is 0. The summed E-state index contributed by atoms with van der Waals surface area (Å²) in [4.78, 5) is 13.1. The highest BCUT2D eigenvalue weighted by atomic mass is 35.5. The van der Waals surface area contributed by atoms with Gasteiger partial charge in [-0.2, -0.15) is 0 Å². The summed E-state index contributed by atoms with van der Waals surface area (Å²) in [5.74, 6) is 0.944. The average Bonchev–Trinajstić information content (AvgIpc) is 3.27. The van der Waals surface area contributed by atoms with Gasteiger partial charge in [0, 0.05) is 16.0 Å². The predicted octanol–water partition coefficient (Wildman–Crippen LogP) is 5.71. The van der Waals surface area contributed by atoms with E-state index in [1.807, 2.05) is 18.2 Å². The van der Waals surface area contributed by atoms with Gasteiger partial charge >= 0.3 is 0 Å². The van der Waals surface area contributed by atoms with Crippen LogP contribution in [0.4, 0.5) is 5.13 Å². The minimum absolute atomic E-state index is 0.249. The molecule has 0 unspecified atom stereocenters. The largest absolute Gasteiger partial charge is 0.497 e. The molecule has 1 aliphatic rings. The molecule has 4 rings (SSSR count). The van der Waals surface area contributed by atoms with Crippen LogP contribution in [0.2, 0.25) is 5.02 Å². The van der Waals surface area contributed by atoms with Gasteiger partial charge in [-0.3, -0.25) is 10.1 Å². The quantitative estimate of drug-likeness (QED) is 0.601. The number of nitrogens with one attached hydrogen (secondary N) is 1. The lowest BCUT2D eigenvalue weighted by atomic mass is 9.90. The zero-order valence-electron chi connectivity index (χ0n) is 14.3. The van der Waals surface area contributed by atoms with Crippen LogP contribution in [0.25, 0.3) is 10.1 Å². The Morgan fingerprint density at radius 2 is 2.04 bits per heavy atom. The monoisotopic (exact) mass is 407 g/mol. The minimum Gasteiger partial charge on any atom is -0.497 e. The molecular weight excluding hydrogens is 390 g/mol. The highest BCUT2D eigenvalue weighted by Gasteiger charge is 2.22. The van der Waals surface area contributed by atoms with Gasteiger partial charge in [-0.1, -0.05) is 42.2 Å². The molecule has 1 saturated carbocycles. The number of anilines is 1. The van der Waals surface area contributed by atoms with E-state index in [1.165, 1.54) is 41.9 Å². The summed E-state index contributed by atoms with van der Waals surface area (Å²) >= 11 is 9.27. The molecule has 1 aromatic carbocycles. The Labute approximate surface area is 164 Å². The normalized spacial score (nSPS) is 15.3. The number of nitrogens with zero attached hydrogens (tertiary/aromatic N) is 2. The first kappa shape index (κ1) is 17.7. The second-order valence-corrected chi connectivity index (χ2v) is 8.78. The van der Waals surface area contributed by atoms with E-state index in [9.17, 15) is 4.79 Å². The van der Waals surface area contributed by atoms with E-state index in [4.69, 9.17) is 16.3 Å². The standard InChI is InChI=1S/C18H18ClN3O2S2/c1-24-11-7-8-13-12(9-11)14(19)15(25-13)16(23)20-18-22-21-17(26-18)10-5-3-2-4-6-10/h7-10H,2-6H2,1H3,(H,20,22,23). The third-order valence-corrected chi connectivity index (χ3v) is 7.33. The van der Waals surface area contributed by atoms with Crippen LogP contribution in [-0.4, -0.2) is 23.2 Å². The maximum Gasteiger partial charge on any atom is 0.269 e. The molecule has 0 bridgehead atoms. The molecule has 136 valence electrons. The molecule has 5 nitrogen and oxygen atoms in total. The van der Waals surface area contributed by atoms with Gasteiger partial charge in [-0.05, 0) is 31.0 Å². The van der Waals surface area contributed by atoms with E-state index in [0.717, 1.165) is 27.9 Å². The molecule has 0 spiro atoms. The first-order valence-corrected chi connectivity index (χ1v) is 10.6. The number of benzene rings is 1. The molecule has 26 heavy (non-hydrogen) atoms. The maximum atomic E-state index is 12.7. The first-order chi connectivity index (χ1) is 12.7. The fourth-order valence-corrected chi connectivity index (χ4v) is 5.56. The van der Waals surface area contributed by atoms with Gasteiger partial charge in [0.15, 0.2) is 0 Å². The first-order valence-electron chi connectivity index (χ1n) is 8.56. The van der Waals surface area contributed by atoms with Crippen molar-refractivity contribution in [2.75, 3.05) is 12.4 Å². The van der Waals surface area contributed by atoms with Gasteiger partial charge < -0.3 is 4.74 Å². The molecule has 0 radical (unpaired) electrons. The Bertz CT molecular complexity index is 947. The second-order valence-electron chi connectivity index (χ2n) is 6.34. The number of ether oxygens (including phenoxy) is 1. The summed E-state index contributed by atoms with van der Waals surface area (Å²) in [7, 11) is 1.61. The van der Waals surface area contributed by atoms with Crippen LogP contribution >= 0.6 is 34.3 Å². The molecule has 2 heterocycles. The van der Waals surface area contributed by atoms with E-state index in [2.05, 4.69) is 15.5 Å². The van der Waals surface area contributed by atoms with Crippen LogP contribution in [0.15, 0.2) is 18.2 Å². The Kier molecular flexibility index (Phi) is 5.11. The zero-order valence-corrected chi connectivity index (χ0v) is 16.6. The number of hydrogen-bond donors (Lipinski definition) is 1. The Morgan fingerprint density at radius 3 is 2.81 bits per heavy atom. The molecule has 0 saturated heterocycles. The number of carbonyl (C=O) groups is 1. The molecule has 1 N–H and O–H groups in total. The lowest BCUT2D eigenvalue weighted by Gasteiger charge is -2.18. The molecule has 8 heteroatoms. The summed E-state index contributed by atoms with van der Waals surface area (Å²) in [5, 5.41) is 14.1. The lowest BCUT2D eigenvalue weighted by molar-refractivity contribution is 0.103. The number of aromatic nitrogens is 2. The average molecular weight is 408 g/mol. The topological polar surface area (TPSA) is 64.1 Å². The minimum atomic E-state index is -0.249. The number of rotatable bonds is 4. The molecule has 1 amide bonds. The number of amides is 1. The summed E-state index contributed by atoms with van der Waals surface area (Å²) in [6, 6.07) is 5.61. The van der Waals surface area contributed by atoms with Gasteiger partial charge in [0.25, 0.3) is 5.91 Å². The number of halogens is 1. The number of carbonyl (C=O) groups excluding carboxylic acids is 1. The Hall–Kier alpha value is -1.70. The number of hydrogen-bond acceptors (Lipinski definition) is 6. The maximum absolute atomic E-state index is 12.7. The SMILES string of the molecule is COc1ccc2sc(C(=O)Nc3nnc(C4CCCCC4)s3)c(Cl)c2c1. The summed E-state index contributed by atoms with van der Waals surface area (Å²) in [6.45, 7) is 0. The van der Waals surface area contributed by atoms with Crippen molar-refractivity contribution in [2.24, 2.45) is 0 Å². The van der Waals surface area contributed by atoms with Crippen LogP contribution in [0.5, 0.6) is 5.75 Å². The van der Waals surface area contributed by atoms with Crippen LogP contribution in [0.1, 0.15) is 52.7 Å². The van der Waals surface area contributed by atoms with Crippen molar-refractivity contribution in [3.05, 3.63) is 33.1 Å². The predicted molar refractivity (Wildman–Crippen MR) is 107 cm³/mol. The van der Waals surface area contributed by atoms with Crippen molar-refractivity contribution >= 4 is 55.4 Å². The lowest BCUT2D eigenvalue weighted by Crippen LogP contribution is -2.10. The number of methoxy groups -OCH3 is 1. The van der Waals surface area contributed by atoms with Crippen LogP contribution in [0, 0.1) is 0 Å². The molecule has 1 fully saturated rings. The van der Waals surface area contributed by atoms with Crippen molar-refractivity contribution in [1.82, 2.24) is 10.2 Å². The molecule has 3 aromatic rings. The fraction of sp³-hybridized carbons (Fsp3) is 0.389. The van der Waals surface area contributed by atoms with Gasteiger partial charge in [0.1, 0.15) is 15.6 Å². The van der Waals surface area contributed by atoms with Crippen LogP contribution in [0.3, 0.4) is 0 Å². The van der Waals surface area contributed by atoms with E-state index in [-0.39, 0.29) is 5.91 Å². The van der Waals surface area contributed by atoms with Gasteiger partial charge in [0.2, 0.25) is 5.13 Å². The highest BCUT2D eigenvalue weighted by molar-refractivity contribution is 7.22. The summed E-state index contributed by atoms with van der Waals surface area (Å²) in [6.07, 6.45) is 6.10. The molecule has 2 aromatic heterocycles. The molecular formula is C18H18ClN3O2S2. The smallest absolute Gasteiger partial charge is 0.269 e. The molecule has 1 aliphatic carbocycles. The highest BCUT2D eigenvalue weighted by Crippen LogP contribution is 2.38. The van der Waals surface area contributed by atoms with Gasteiger partial charge in [0.05, 0.1) is 12.1 Å². The van der Waals surface area contributed by atoms with E-state index in [0.29, 0.717) is 26.7 Å². The number of fused-ring (bicyclic) bond motifs is 1. The van der Waals surface area contributed by atoms with Crippen molar-refractivity contribution in [2.45, 2.75) is 38.0 Å².